The van der Waals surface area contributed by atoms with Crippen LogP contribution >= 0.6 is 0 Å². The van der Waals surface area contributed by atoms with Crippen LogP contribution in [0.3, 0.4) is 0 Å². The number of benzene rings is 1. The molecule has 1 unspecified atom stereocenters. The lowest BCUT2D eigenvalue weighted by Gasteiger charge is -2.19. The number of rotatable bonds is 5. The molecule has 0 aliphatic rings. The molecule has 1 atom stereocenters. The van der Waals surface area contributed by atoms with Crippen molar-refractivity contribution in [3.63, 3.8) is 0 Å². The third kappa shape index (κ3) is 4.51. The van der Waals surface area contributed by atoms with Gasteiger partial charge in [-0.2, -0.15) is 0 Å². The van der Waals surface area contributed by atoms with E-state index in [-0.39, 0.29) is 11.0 Å². The molecule has 0 bridgehead atoms. The molecule has 1 aromatic carbocycles. The van der Waals surface area contributed by atoms with Gasteiger partial charge >= 0.3 is 0 Å². The van der Waals surface area contributed by atoms with Gasteiger partial charge in [-0.3, -0.25) is 0 Å². The Labute approximate surface area is 116 Å². The Bertz CT molecular complexity index is 550. The highest BCUT2D eigenvalue weighted by Crippen LogP contribution is 2.26. The smallest absolute Gasteiger partial charge is 0.238 e. The van der Waals surface area contributed by atoms with Gasteiger partial charge in [0.05, 0.1) is 11.0 Å². The fourth-order valence-electron chi connectivity index (χ4n) is 2.13. The van der Waals surface area contributed by atoms with E-state index in [0.717, 1.165) is 17.7 Å². The summed E-state index contributed by atoms with van der Waals surface area (Å²) >= 11 is 0. The van der Waals surface area contributed by atoms with Gasteiger partial charge in [0.1, 0.15) is 5.75 Å². The molecule has 19 heavy (non-hydrogen) atoms. The van der Waals surface area contributed by atoms with Gasteiger partial charge in [0.15, 0.2) is 0 Å². The van der Waals surface area contributed by atoms with E-state index in [1.54, 1.807) is 19.1 Å². The minimum Gasteiger partial charge on any atom is -0.490 e. The molecule has 0 spiro atoms. The molecule has 0 saturated heterocycles. The van der Waals surface area contributed by atoms with Crippen LogP contribution in [0.25, 0.3) is 0 Å². The Morgan fingerprint density at radius 3 is 2.21 bits per heavy atom. The topological polar surface area (TPSA) is 69.4 Å². The lowest BCUT2D eigenvalue weighted by molar-refractivity contribution is 0.192. The lowest BCUT2D eigenvalue weighted by Crippen LogP contribution is -2.17. The Balaban J connectivity index is 3.03. The molecular weight excluding hydrogens is 262 g/mol. The lowest BCUT2D eigenvalue weighted by atomic mass is 10.1. The van der Waals surface area contributed by atoms with Crippen molar-refractivity contribution in [3.05, 3.63) is 23.3 Å². The summed E-state index contributed by atoms with van der Waals surface area (Å²) < 4.78 is 28.7. The normalized spacial score (nSPS) is 13.6. The molecule has 0 heterocycles. The Hall–Kier alpha value is -1.07. The van der Waals surface area contributed by atoms with E-state index >= 15 is 0 Å². The van der Waals surface area contributed by atoms with E-state index < -0.39 is 10.0 Å². The number of hydrogen-bond acceptors (Lipinski definition) is 3. The standard InChI is InChI=1S/C14H23NO3S/c1-9(2)6-12(5)18-13-7-11(4)14(8-10(13)3)19(15,16)17/h7-9,12H,6H2,1-5H3,(H2,15,16,17). The second-order valence-corrected chi connectivity index (χ2v) is 7.02. The average Bonchev–Trinajstić information content (AvgIpc) is 2.19. The zero-order chi connectivity index (χ0) is 14.8. The quantitative estimate of drug-likeness (QED) is 0.904. The molecule has 0 amide bonds. The fraction of sp³-hybridized carbons (Fsp3) is 0.571. The fourth-order valence-corrected chi connectivity index (χ4v) is 2.97. The van der Waals surface area contributed by atoms with Crippen molar-refractivity contribution >= 4 is 10.0 Å². The maximum absolute atomic E-state index is 11.4. The molecule has 1 aromatic rings. The van der Waals surface area contributed by atoms with Crippen molar-refractivity contribution in [1.29, 1.82) is 0 Å². The molecule has 0 aromatic heterocycles. The zero-order valence-corrected chi connectivity index (χ0v) is 13.0. The molecule has 0 fully saturated rings. The predicted molar refractivity (Wildman–Crippen MR) is 76.8 cm³/mol. The van der Waals surface area contributed by atoms with Crippen LogP contribution in [0.1, 0.15) is 38.3 Å². The number of primary sulfonamides is 1. The first-order valence-corrected chi connectivity index (χ1v) is 7.96. The van der Waals surface area contributed by atoms with Crippen LogP contribution < -0.4 is 9.88 Å². The third-order valence-corrected chi connectivity index (χ3v) is 3.96. The molecule has 2 N–H and O–H groups in total. The van der Waals surface area contributed by atoms with E-state index in [0.29, 0.717) is 11.5 Å². The molecule has 0 aliphatic carbocycles. The van der Waals surface area contributed by atoms with Gasteiger partial charge in [0.25, 0.3) is 0 Å². The molecule has 108 valence electrons. The molecule has 0 radical (unpaired) electrons. The first kappa shape index (κ1) is 16.0. The summed E-state index contributed by atoms with van der Waals surface area (Å²) in [5.41, 5.74) is 1.39. The van der Waals surface area contributed by atoms with Crippen LogP contribution in [0, 0.1) is 19.8 Å². The van der Waals surface area contributed by atoms with E-state index in [9.17, 15) is 8.42 Å². The summed E-state index contributed by atoms with van der Waals surface area (Å²) in [7, 11) is -3.68. The molecule has 1 rings (SSSR count). The monoisotopic (exact) mass is 285 g/mol. The first-order valence-electron chi connectivity index (χ1n) is 6.42. The summed E-state index contributed by atoms with van der Waals surface area (Å²) in [6.45, 7) is 9.84. The summed E-state index contributed by atoms with van der Waals surface area (Å²) in [5, 5.41) is 5.18. The summed E-state index contributed by atoms with van der Waals surface area (Å²) in [4.78, 5) is 0.161. The van der Waals surface area contributed by atoms with Gasteiger partial charge in [-0.05, 0) is 56.4 Å². The van der Waals surface area contributed by atoms with Gasteiger partial charge in [0.2, 0.25) is 10.0 Å². The van der Waals surface area contributed by atoms with Gasteiger partial charge in [-0.1, -0.05) is 13.8 Å². The van der Waals surface area contributed by atoms with Crippen LogP contribution in [-0.4, -0.2) is 14.5 Å². The summed E-state index contributed by atoms with van der Waals surface area (Å²) in [5.74, 6) is 1.28. The van der Waals surface area contributed by atoms with E-state index in [4.69, 9.17) is 9.88 Å². The van der Waals surface area contributed by atoms with Crippen LogP contribution in [0.15, 0.2) is 17.0 Å². The van der Waals surface area contributed by atoms with Crippen molar-refractivity contribution in [3.8, 4) is 5.75 Å². The highest BCUT2D eigenvalue weighted by molar-refractivity contribution is 7.89. The van der Waals surface area contributed by atoms with Crippen molar-refractivity contribution < 1.29 is 13.2 Å². The van der Waals surface area contributed by atoms with Gasteiger partial charge in [-0.25, -0.2) is 13.6 Å². The highest BCUT2D eigenvalue weighted by Gasteiger charge is 2.16. The molecule has 5 heteroatoms. The average molecular weight is 285 g/mol. The molecular formula is C14H23NO3S. The summed E-state index contributed by atoms with van der Waals surface area (Å²) in [6, 6.07) is 3.31. The maximum atomic E-state index is 11.4. The number of sulfonamides is 1. The van der Waals surface area contributed by atoms with Crippen LogP contribution in [-0.2, 0) is 10.0 Å². The van der Waals surface area contributed by atoms with Crippen LogP contribution in [0.2, 0.25) is 0 Å². The highest BCUT2D eigenvalue weighted by atomic mass is 32.2. The van der Waals surface area contributed by atoms with Gasteiger partial charge in [-0.15, -0.1) is 0 Å². The number of hydrogen-bond donors (Lipinski definition) is 1. The Kier molecular flexibility index (Phi) is 4.98. The van der Waals surface area contributed by atoms with Gasteiger partial charge < -0.3 is 4.74 Å². The Morgan fingerprint density at radius 1 is 1.16 bits per heavy atom. The van der Waals surface area contributed by atoms with Gasteiger partial charge in [0, 0.05) is 0 Å². The van der Waals surface area contributed by atoms with Crippen molar-refractivity contribution in [1.82, 2.24) is 0 Å². The second kappa shape index (κ2) is 5.92. The van der Waals surface area contributed by atoms with E-state index in [1.165, 1.54) is 0 Å². The second-order valence-electron chi connectivity index (χ2n) is 5.49. The molecule has 0 saturated carbocycles. The molecule has 0 aliphatic heterocycles. The molecule has 4 nitrogen and oxygen atoms in total. The predicted octanol–water partition coefficient (Wildman–Crippen LogP) is 2.76. The SMILES string of the molecule is Cc1cc(S(N)(=O)=O)c(C)cc1OC(C)CC(C)C. The minimum absolute atomic E-state index is 0.0958. The van der Waals surface area contributed by atoms with Crippen molar-refractivity contribution in [2.75, 3.05) is 0 Å². The number of aryl methyl sites for hydroxylation is 2. The largest absolute Gasteiger partial charge is 0.490 e. The first-order chi connectivity index (χ1) is 8.61. The number of nitrogens with two attached hydrogens (primary N) is 1. The van der Waals surface area contributed by atoms with Crippen molar-refractivity contribution in [2.45, 2.75) is 52.0 Å². The van der Waals surface area contributed by atoms with E-state index in [2.05, 4.69) is 13.8 Å². The minimum atomic E-state index is -3.68. The Morgan fingerprint density at radius 2 is 1.74 bits per heavy atom. The zero-order valence-electron chi connectivity index (χ0n) is 12.2. The van der Waals surface area contributed by atoms with E-state index in [1.807, 2.05) is 13.8 Å². The number of ether oxygens (including phenoxy) is 1. The van der Waals surface area contributed by atoms with Crippen LogP contribution in [0.5, 0.6) is 5.75 Å². The third-order valence-electron chi connectivity index (χ3n) is 2.91. The van der Waals surface area contributed by atoms with Crippen molar-refractivity contribution in [2.24, 2.45) is 11.1 Å². The maximum Gasteiger partial charge on any atom is 0.238 e. The van der Waals surface area contributed by atoms with Crippen LogP contribution in [0.4, 0.5) is 0 Å². The summed E-state index contributed by atoms with van der Waals surface area (Å²) in [6.07, 6.45) is 1.05.